The van der Waals surface area contributed by atoms with Gasteiger partial charge in [0.2, 0.25) is 5.88 Å². The number of rotatable bonds is 7. The fourth-order valence-electron chi connectivity index (χ4n) is 3.61. The quantitative estimate of drug-likeness (QED) is 0.447. The van der Waals surface area contributed by atoms with Crippen LogP contribution in [-0.2, 0) is 6.42 Å². The number of aromatic nitrogens is 5. The first-order valence-corrected chi connectivity index (χ1v) is 10.1. The van der Waals surface area contributed by atoms with Gasteiger partial charge < -0.3 is 4.74 Å². The summed E-state index contributed by atoms with van der Waals surface area (Å²) >= 11 is 0. The first-order valence-electron chi connectivity index (χ1n) is 10.1. The van der Waals surface area contributed by atoms with Crippen molar-refractivity contribution < 1.29 is 4.74 Å². The lowest BCUT2D eigenvalue weighted by Gasteiger charge is -2.15. The Labute approximate surface area is 176 Å². The molecule has 0 N–H and O–H groups in total. The van der Waals surface area contributed by atoms with E-state index in [4.69, 9.17) is 4.74 Å². The normalized spacial score (nSPS) is 11.1. The number of ether oxygens (including phenoxy) is 1. The van der Waals surface area contributed by atoms with Crippen LogP contribution in [0.3, 0.4) is 0 Å². The highest BCUT2D eigenvalue weighted by molar-refractivity contribution is 5.69. The molecule has 0 fully saturated rings. The van der Waals surface area contributed by atoms with E-state index < -0.39 is 0 Å². The largest absolute Gasteiger partial charge is 0.477 e. The van der Waals surface area contributed by atoms with E-state index in [2.05, 4.69) is 70.8 Å². The Morgan fingerprint density at radius 1 is 1.00 bits per heavy atom. The van der Waals surface area contributed by atoms with E-state index in [0.717, 1.165) is 28.9 Å². The Balaban J connectivity index is 1.52. The zero-order chi connectivity index (χ0) is 20.9. The van der Waals surface area contributed by atoms with Gasteiger partial charge in [-0.05, 0) is 57.7 Å². The van der Waals surface area contributed by atoms with Gasteiger partial charge in [0.1, 0.15) is 6.33 Å². The second kappa shape index (κ2) is 8.86. The van der Waals surface area contributed by atoms with Crippen molar-refractivity contribution in [2.24, 2.45) is 0 Å². The van der Waals surface area contributed by atoms with Crippen LogP contribution in [0, 0.1) is 6.92 Å². The molecule has 0 saturated heterocycles. The van der Waals surface area contributed by atoms with Gasteiger partial charge in [-0.15, -0.1) is 5.10 Å². The van der Waals surface area contributed by atoms with Gasteiger partial charge in [-0.3, -0.25) is 0 Å². The molecule has 0 amide bonds. The highest BCUT2D eigenvalue weighted by Gasteiger charge is 2.11. The molecule has 0 bridgehead atoms. The molecule has 0 atom stereocenters. The minimum Gasteiger partial charge on any atom is -0.477 e. The summed E-state index contributed by atoms with van der Waals surface area (Å²) in [5.41, 5.74) is 6.69. The molecule has 2 aromatic heterocycles. The summed E-state index contributed by atoms with van der Waals surface area (Å²) in [5.74, 6) is 1.09. The van der Waals surface area contributed by atoms with Gasteiger partial charge in [0, 0.05) is 18.2 Å². The third kappa shape index (κ3) is 4.38. The summed E-state index contributed by atoms with van der Waals surface area (Å²) in [4.78, 5) is 4.58. The van der Waals surface area contributed by atoms with Gasteiger partial charge in [0.25, 0.3) is 0 Å². The van der Waals surface area contributed by atoms with E-state index in [1.54, 1.807) is 11.0 Å². The predicted octanol–water partition coefficient (Wildman–Crippen LogP) is 4.78. The SMILES string of the molecule is Cc1cc(-c2ccccc2C(C)C)cc(OCCc2ccccc2-n2cnnn2)n1. The van der Waals surface area contributed by atoms with E-state index >= 15 is 0 Å². The molecule has 0 aliphatic rings. The number of tetrazole rings is 1. The lowest BCUT2D eigenvalue weighted by molar-refractivity contribution is 0.309. The third-order valence-corrected chi connectivity index (χ3v) is 5.03. The standard InChI is InChI=1S/C24H25N5O/c1-17(2)21-9-5-6-10-22(21)20-14-18(3)26-24(15-20)30-13-12-19-8-4-7-11-23(19)29-16-25-27-28-29/h4-11,14-17H,12-13H2,1-3H3. The molecule has 0 saturated carbocycles. The lowest BCUT2D eigenvalue weighted by atomic mass is 9.93. The molecule has 6 nitrogen and oxygen atoms in total. The van der Waals surface area contributed by atoms with E-state index in [-0.39, 0.29) is 0 Å². The van der Waals surface area contributed by atoms with Crippen LogP contribution < -0.4 is 4.74 Å². The number of para-hydroxylation sites is 1. The number of nitrogens with zero attached hydrogens (tertiary/aromatic N) is 5. The maximum atomic E-state index is 6.05. The fourth-order valence-corrected chi connectivity index (χ4v) is 3.61. The summed E-state index contributed by atoms with van der Waals surface area (Å²) < 4.78 is 7.72. The molecule has 30 heavy (non-hydrogen) atoms. The van der Waals surface area contributed by atoms with E-state index in [0.29, 0.717) is 18.4 Å². The number of pyridine rings is 1. The van der Waals surface area contributed by atoms with Crippen LogP contribution in [0.1, 0.15) is 36.6 Å². The van der Waals surface area contributed by atoms with Crippen LogP contribution in [0.25, 0.3) is 16.8 Å². The van der Waals surface area contributed by atoms with Crippen LogP contribution in [0.2, 0.25) is 0 Å². The molecule has 0 radical (unpaired) electrons. The van der Waals surface area contributed by atoms with Crippen LogP contribution in [0.15, 0.2) is 67.0 Å². The zero-order valence-corrected chi connectivity index (χ0v) is 17.5. The molecule has 0 aliphatic carbocycles. The van der Waals surface area contributed by atoms with Gasteiger partial charge in [0.15, 0.2) is 0 Å². The number of hydrogen-bond donors (Lipinski definition) is 0. The Bertz CT molecular complexity index is 1120. The van der Waals surface area contributed by atoms with Crippen LogP contribution in [0.5, 0.6) is 5.88 Å². The molecule has 4 aromatic rings. The minimum atomic E-state index is 0.446. The molecule has 0 spiro atoms. The first kappa shape index (κ1) is 19.8. The second-order valence-electron chi connectivity index (χ2n) is 7.56. The monoisotopic (exact) mass is 399 g/mol. The Kier molecular flexibility index (Phi) is 5.84. The molecule has 152 valence electrons. The second-order valence-corrected chi connectivity index (χ2v) is 7.56. The van der Waals surface area contributed by atoms with E-state index in [1.807, 2.05) is 31.2 Å². The van der Waals surface area contributed by atoms with E-state index in [1.165, 1.54) is 11.1 Å². The molecule has 4 rings (SSSR count). The maximum Gasteiger partial charge on any atom is 0.214 e. The summed E-state index contributed by atoms with van der Waals surface area (Å²) in [7, 11) is 0. The maximum absolute atomic E-state index is 6.05. The molecule has 6 heteroatoms. The Hall–Kier alpha value is -3.54. The van der Waals surface area contributed by atoms with Gasteiger partial charge in [-0.2, -0.15) is 0 Å². The average Bonchev–Trinajstić information content (AvgIpc) is 3.28. The third-order valence-electron chi connectivity index (χ3n) is 5.03. The van der Waals surface area contributed by atoms with Crippen LogP contribution >= 0.6 is 0 Å². The zero-order valence-electron chi connectivity index (χ0n) is 17.5. The van der Waals surface area contributed by atoms with Crippen LogP contribution in [0.4, 0.5) is 0 Å². The summed E-state index contributed by atoms with van der Waals surface area (Å²) in [6.07, 6.45) is 2.32. The van der Waals surface area contributed by atoms with Crippen molar-refractivity contribution in [3.63, 3.8) is 0 Å². The van der Waals surface area contributed by atoms with E-state index in [9.17, 15) is 0 Å². The van der Waals surface area contributed by atoms with Gasteiger partial charge in [-0.25, -0.2) is 9.67 Å². The average molecular weight is 399 g/mol. The Morgan fingerprint density at radius 3 is 2.60 bits per heavy atom. The van der Waals surface area contributed by atoms with Crippen molar-refractivity contribution in [2.75, 3.05) is 6.61 Å². The molecule has 2 aromatic carbocycles. The van der Waals surface area contributed by atoms with Gasteiger partial charge in [-0.1, -0.05) is 56.3 Å². The molecule has 0 aliphatic heterocycles. The highest BCUT2D eigenvalue weighted by atomic mass is 16.5. The number of benzene rings is 2. The van der Waals surface area contributed by atoms with Gasteiger partial charge in [0.05, 0.1) is 12.3 Å². The molecular formula is C24H25N5O. The number of aryl methyl sites for hydroxylation is 1. The van der Waals surface area contributed by atoms with Crippen molar-refractivity contribution in [1.82, 2.24) is 25.2 Å². The van der Waals surface area contributed by atoms with Crippen molar-refractivity contribution in [1.29, 1.82) is 0 Å². The van der Waals surface area contributed by atoms with Crippen molar-refractivity contribution in [3.8, 4) is 22.7 Å². The minimum absolute atomic E-state index is 0.446. The number of hydrogen-bond acceptors (Lipinski definition) is 5. The van der Waals surface area contributed by atoms with Crippen LogP contribution in [-0.4, -0.2) is 31.8 Å². The Morgan fingerprint density at radius 2 is 1.80 bits per heavy atom. The summed E-state index contributed by atoms with van der Waals surface area (Å²) in [6, 6.07) is 20.7. The van der Waals surface area contributed by atoms with Crippen molar-refractivity contribution in [2.45, 2.75) is 33.1 Å². The lowest BCUT2D eigenvalue weighted by Crippen LogP contribution is -2.07. The predicted molar refractivity (Wildman–Crippen MR) is 117 cm³/mol. The topological polar surface area (TPSA) is 65.7 Å². The molecular weight excluding hydrogens is 374 g/mol. The molecule has 2 heterocycles. The summed E-state index contributed by atoms with van der Waals surface area (Å²) in [5, 5.41) is 11.4. The smallest absolute Gasteiger partial charge is 0.214 e. The fraction of sp³-hybridized carbons (Fsp3) is 0.250. The molecule has 0 unspecified atom stereocenters. The van der Waals surface area contributed by atoms with Crippen molar-refractivity contribution in [3.05, 3.63) is 83.8 Å². The highest BCUT2D eigenvalue weighted by Crippen LogP contribution is 2.31. The first-order chi connectivity index (χ1) is 14.6. The van der Waals surface area contributed by atoms with Gasteiger partial charge >= 0.3 is 0 Å². The summed E-state index contributed by atoms with van der Waals surface area (Å²) in [6.45, 7) is 6.95. The van der Waals surface area contributed by atoms with Crippen molar-refractivity contribution >= 4 is 0 Å².